The Kier molecular flexibility index (Phi) is 4.16. The van der Waals surface area contributed by atoms with Gasteiger partial charge in [0.15, 0.2) is 0 Å². The van der Waals surface area contributed by atoms with Crippen molar-refractivity contribution in [1.29, 1.82) is 0 Å². The average Bonchev–Trinajstić information content (AvgIpc) is 1.99. The maximum absolute atomic E-state index is 11.8. The molecule has 1 unspecified atom stereocenters. The van der Waals surface area contributed by atoms with Crippen molar-refractivity contribution in [2.75, 3.05) is 7.11 Å². The maximum Gasteiger partial charge on any atom is 0.312 e. The van der Waals surface area contributed by atoms with Gasteiger partial charge in [0.05, 0.1) is 12.5 Å². The van der Waals surface area contributed by atoms with Gasteiger partial charge in [0.2, 0.25) is 0 Å². The van der Waals surface area contributed by atoms with Gasteiger partial charge in [0.1, 0.15) is 0 Å². The van der Waals surface area contributed by atoms with Crippen molar-refractivity contribution >= 4 is 5.97 Å². The SMILES string of the molecule is COC(=O)C(C)(CC(C)C)C(C)(C)C. The van der Waals surface area contributed by atoms with E-state index in [4.69, 9.17) is 4.74 Å². The Hall–Kier alpha value is -0.530. The molecule has 14 heavy (non-hydrogen) atoms. The zero-order valence-corrected chi connectivity index (χ0v) is 10.6. The Labute approximate surface area is 88.0 Å². The zero-order valence-electron chi connectivity index (χ0n) is 10.6. The Balaban J connectivity index is 4.96. The van der Waals surface area contributed by atoms with Crippen LogP contribution in [0.2, 0.25) is 0 Å². The van der Waals surface area contributed by atoms with Crippen LogP contribution < -0.4 is 0 Å². The summed E-state index contributed by atoms with van der Waals surface area (Å²) in [6.45, 7) is 12.5. The molecule has 0 N–H and O–H groups in total. The number of hydrogen-bond donors (Lipinski definition) is 0. The molecule has 0 heterocycles. The van der Waals surface area contributed by atoms with Gasteiger partial charge in [-0.1, -0.05) is 34.6 Å². The van der Waals surface area contributed by atoms with Crippen LogP contribution in [-0.4, -0.2) is 13.1 Å². The van der Waals surface area contributed by atoms with Gasteiger partial charge in [-0.15, -0.1) is 0 Å². The lowest BCUT2D eigenvalue weighted by atomic mass is 9.64. The minimum atomic E-state index is -0.393. The Morgan fingerprint density at radius 1 is 1.21 bits per heavy atom. The van der Waals surface area contributed by atoms with Crippen LogP contribution in [0.4, 0.5) is 0 Å². The quantitative estimate of drug-likeness (QED) is 0.654. The number of methoxy groups -OCH3 is 1. The lowest BCUT2D eigenvalue weighted by Gasteiger charge is -2.40. The summed E-state index contributed by atoms with van der Waals surface area (Å²) in [5, 5.41) is 0. The first-order chi connectivity index (χ1) is 6.15. The van der Waals surface area contributed by atoms with E-state index < -0.39 is 5.41 Å². The molecule has 0 saturated carbocycles. The molecule has 0 aliphatic heterocycles. The molecule has 0 saturated heterocycles. The predicted octanol–water partition coefficient (Wildman–Crippen LogP) is 3.26. The van der Waals surface area contributed by atoms with Gasteiger partial charge in [0.25, 0.3) is 0 Å². The molecule has 2 heteroatoms. The number of carbonyl (C=O) groups is 1. The fourth-order valence-electron chi connectivity index (χ4n) is 1.74. The van der Waals surface area contributed by atoms with Crippen LogP contribution in [0.25, 0.3) is 0 Å². The van der Waals surface area contributed by atoms with Crippen molar-refractivity contribution in [3.05, 3.63) is 0 Å². The average molecular weight is 200 g/mol. The molecule has 0 aliphatic carbocycles. The fraction of sp³-hybridized carbons (Fsp3) is 0.917. The molecular weight excluding hydrogens is 176 g/mol. The normalized spacial score (nSPS) is 16.6. The van der Waals surface area contributed by atoms with Crippen molar-refractivity contribution in [3.8, 4) is 0 Å². The topological polar surface area (TPSA) is 26.3 Å². The Morgan fingerprint density at radius 3 is 1.86 bits per heavy atom. The summed E-state index contributed by atoms with van der Waals surface area (Å²) in [5.41, 5.74) is -0.458. The van der Waals surface area contributed by atoms with E-state index in [1.165, 1.54) is 7.11 Å². The first-order valence-corrected chi connectivity index (χ1v) is 5.23. The highest BCUT2D eigenvalue weighted by Gasteiger charge is 2.45. The standard InChI is InChI=1S/C12H24O2/c1-9(2)8-12(6,10(13)14-7)11(3,4)5/h9H,8H2,1-7H3. The molecule has 2 nitrogen and oxygen atoms in total. The Morgan fingerprint density at radius 2 is 1.64 bits per heavy atom. The van der Waals surface area contributed by atoms with E-state index in [1.54, 1.807) is 0 Å². The van der Waals surface area contributed by atoms with Gasteiger partial charge < -0.3 is 4.74 Å². The summed E-state index contributed by atoms with van der Waals surface area (Å²) in [7, 11) is 1.46. The number of esters is 1. The van der Waals surface area contributed by atoms with Crippen LogP contribution in [0, 0.1) is 16.7 Å². The van der Waals surface area contributed by atoms with Gasteiger partial charge in [-0.2, -0.15) is 0 Å². The highest BCUT2D eigenvalue weighted by Crippen LogP contribution is 2.44. The van der Waals surface area contributed by atoms with Crippen LogP contribution in [0.1, 0.15) is 48.0 Å². The largest absolute Gasteiger partial charge is 0.469 e. The van der Waals surface area contributed by atoms with Gasteiger partial charge in [-0.3, -0.25) is 4.79 Å². The molecule has 0 spiro atoms. The summed E-state index contributed by atoms with van der Waals surface area (Å²) in [6, 6.07) is 0. The molecular formula is C12H24O2. The van der Waals surface area contributed by atoms with Crippen molar-refractivity contribution in [2.24, 2.45) is 16.7 Å². The van der Waals surface area contributed by atoms with Crippen LogP contribution in [-0.2, 0) is 9.53 Å². The van der Waals surface area contributed by atoms with E-state index >= 15 is 0 Å². The lowest BCUT2D eigenvalue weighted by molar-refractivity contribution is -0.160. The van der Waals surface area contributed by atoms with E-state index in [-0.39, 0.29) is 11.4 Å². The minimum absolute atomic E-state index is 0.0651. The molecule has 0 rings (SSSR count). The number of carbonyl (C=O) groups excluding carboxylic acids is 1. The second kappa shape index (κ2) is 4.33. The monoisotopic (exact) mass is 200 g/mol. The van der Waals surface area contributed by atoms with Crippen molar-refractivity contribution < 1.29 is 9.53 Å². The third kappa shape index (κ3) is 2.73. The molecule has 0 aromatic heterocycles. The second-order valence-corrected chi connectivity index (χ2v) is 5.67. The van der Waals surface area contributed by atoms with Crippen molar-refractivity contribution in [1.82, 2.24) is 0 Å². The molecule has 0 aromatic carbocycles. The molecule has 0 radical (unpaired) electrons. The van der Waals surface area contributed by atoms with E-state index in [0.717, 1.165) is 6.42 Å². The molecule has 1 atom stereocenters. The van der Waals surface area contributed by atoms with E-state index in [0.29, 0.717) is 5.92 Å². The van der Waals surface area contributed by atoms with Crippen LogP contribution in [0.3, 0.4) is 0 Å². The predicted molar refractivity (Wildman–Crippen MR) is 59.0 cm³/mol. The summed E-state index contributed by atoms with van der Waals surface area (Å²) in [4.78, 5) is 11.8. The van der Waals surface area contributed by atoms with Crippen molar-refractivity contribution in [3.63, 3.8) is 0 Å². The van der Waals surface area contributed by atoms with E-state index in [2.05, 4.69) is 34.6 Å². The summed E-state index contributed by atoms with van der Waals surface area (Å²) in [5.74, 6) is 0.400. The summed E-state index contributed by atoms with van der Waals surface area (Å²) in [6.07, 6.45) is 0.864. The summed E-state index contributed by atoms with van der Waals surface area (Å²) >= 11 is 0. The lowest BCUT2D eigenvalue weighted by Crippen LogP contribution is -2.42. The smallest absolute Gasteiger partial charge is 0.312 e. The molecule has 0 fully saturated rings. The second-order valence-electron chi connectivity index (χ2n) is 5.67. The van der Waals surface area contributed by atoms with Gasteiger partial charge in [-0.25, -0.2) is 0 Å². The van der Waals surface area contributed by atoms with Crippen LogP contribution >= 0.6 is 0 Å². The molecule has 0 aromatic rings. The van der Waals surface area contributed by atoms with Gasteiger partial charge in [-0.05, 0) is 24.7 Å². The Bertz CT molecular complexity index is 201. The van der Waals surface area contributed by atoms with Crippen molar-refractivity contribution in [2.45, 2.75) is 48.0 Å². The maximum atomic E-state index is 11.8. The minimum Gasteiger partial charge on any atom is -0.469 e. The highest BCUT2D eigenvalue weighted by molar-refractivity contribution is 5.77. The molecule has 0 aliphatic rings. The first kappa shape index (κ1) is 13.5. The molecule has 0 bridgehead atoms. The number of rotatable bonds is 3. The summed E-state index contributed by atoms with van der Waals surface area (Å²) < 4.78 is 4.90. The molecule has 84 valence electrons. The fourth-order valence-corrected chi connectivity index (χ4v) is 1.74. The van der Waals surface area contributed by atoms with Crippen LogP contribution in [0.15, 0.2) is 0 Å². The van der Waals surface area contributed by atoms with E-state index in [1.807, 2.05) is 6.92 Å². The zero-order chi connectivity index (χ0) is 11.6. The third-order valence-corrected chi connectivity index (χ3v) is 3.11. The molecule has 0 amide bonds. The first-order valence-electron chi connectivity index (χ1n) is 5.23. The van der Waals surface area contributed by atoms with Crippen LogP contribution in [0.5, 0.6) is 0 Å². The number of hydrogen-bond acceptors (Lipinski definition) is 2. The van der Waals surface area contributed by atoms with E-state index in [9.17, 15) is 4.79 Å². The highest BCUT2D eigenvalue weighted by atomic mass is 16.5. The van der Waals surface area contributed by atoms with Gasteiger partial charge >= 0.3 is 5.97 Å². The number of ether oxygens (including phenoxy) is 1. The third-order valence-electron chi connectivity index (χ3n) is 3.11. The van der Waals surface area contributed by atoms with Gasteiger partial charge in [0, 0.05) is 0 Å².